The summed E-state index contributed by atoms with van der Waals surface area (Å²) >= 11 is 8.96. The summed E-state index contributed by atoms with van der Waals surface area (Å²) in [4.78, 5) is 27.3. The van der Waals surface area contributed by atoms with Crippen LogP contribution in [0.3, 0.4) is 0 Å². The smallest absolute Gasteiger partial charge is 0.293 e. The number of pyridine rings is 1. The summed E-state index contributed by atoms with van der Waals surface area (Å²) in [6, 6.07) is 7.67. The fourth-order valence-electron chi connectivity index (χ4n) is 2.04. The highest BCUT2D eigenvalue weighted by Crippen LogP contribution is 2.28. The summed E-state index contributed by atoms with van der Waals surface area (Å²) in [5, 5.41) is 24.2. The van der Waals surface area contributed by atoms with Gasteiger partial charge in [-0.1, -0.05) is 23.7 Å². The molecule has 0 spiro atoms. The van der Waals surface area contributed by atoms with Crippen molar-refractivity contribution >= 4 is 55.3 Å². The third kappa shape index (κ3) is 4.87. The lowest BCUT2D eigenvalue weighted by Crippen LogP contribution is -2.22. The fourth-order valence-corrected chi connectivity index (χ4v) is 2.44. The van der Waals surface area contributed by atoms with Crippen molar-refractivity contribution in [1.29, 1.82) is 5.41 Å². The first-order valence-electron chi connectivity index (χ1n) is 7.18. The van der Waals surface area contributed by atoms with Crippen LogP contribution in [-0.4, -0.2) is 20.4 Å². The molecule has 0 saturated carbocycles. The Kier molecular flexibility index (Phi) is 6.42. The zero-order valence-corrected chi connectivity index (χ0v) is 15.8. The second-order valence-corrected chi connectivity index (χ2v) is 6.31. The highest BCUT2D eigenvalue weighted by atomic mass is 79.9. The number of hydrogen-bond donors (Lipinski definition) is 3. The predicted molar refractivity (Wildman–Crippen MR) is 104 cm³/mol. The molecule has 0 fully saturated rings. The number of aryl methyl sites for hydroxylation is 1. The maximum atomic E-state index is 12.6. The topological polar surface area (TPSA) is 121 Å². The van der Waals surface area contributed by atoms with Crippen LogP contribution in [0.5, 0.6) is 0 Å². The Morgan fingerprint density at radius 2 is 2.08 bits per heavy atom. The lowest BCUT2D eigenvalue weighted by Gasteiger charge is -2.13. The van der Waals surface area contributed by atoms with Gasteiger partial charge in [-0.05, 0) is 46.6 Å². The SMILES string of the molecule is Cc1cccc([N+](=O)[O-])c1NC(=O)/C(=C/C(=N)Br)Nc1ncccc1Cl. The molecule has 2 aromatic rings. The van der Waals surface area contributed by atoms with Crippen LogP contribution in [0, 0.1) is 22.4 Å². The molecule has 2 rings (SSSR count). The van der Waals surface area contributed by atoms with Crippen molar-refractivity contribution < 1.29 is 9.72 Å². The Balaban J connectivity index is 2.36. The van der Waals surface area contributed by atoms with E-state index in [9.17, 15) is 14.9 Å². The molecule has 0 saturated heterocycles. The van der Waals surface area contributed by atoms with E-state index in [1.807, 2.05) is 0 Å². The van der Waals surface area contributed by atoms with Crippen molar-refractivity contribution in [1.82, 2.24) is 4.98 Å². The average molecular weight is 439 g/mol. The maximum Gasteiger partial charge on any atom is 0.293 e. The molecule has 0 radical (unpaired) electrons. The van der Waals surface area contributed by atoms with Gasteiger partial charge in [0.2, 0.25) is 0 Å². The Hall–Kier alpha value is -2.78. The van der Waals surface area contributed by atoms with E-state index >= 15 is 0 Å². The summed E-state index contributed by atoms with van der Waals surface area (Å²) in [5.41, 5.74) is 0.299. The van der Waals surface area contributed by atoms with Crippen LogP contribution in [0.1, 0.15) is 5.56 Å². The number of nitro groups is 1. The number of nitrogens with one attached hydrogen (secondary N) is 3. The third-order valence-corrected chi connectivity index (χ3v) is 3.75. The molecule has 1 amide bonds. The lowest BCUT2D eigenvalue weighted by molar-refractivity contribution is -0.384. The molecule has 1 aromatic carbocycles. The van der Waals surface area contributed by atoms with Gasteiger partial charge in [-0.3, -0.25) is 20.3 Å². The Morgan fingerprint density at radius 1 is 1.35 bits per heavy atom. The van der Waals surface area contributed by atoms with Crippen molar-refractivity contribution in [2.75, 3.05) is 10.6 Å². The summed E-state index contributed by atoms with van der Waals surface area (Å²) in [7, 11) is 0. The molecule has 134 valence electrons. The van der Waals surface area contributed by atoms with Gasteiger partial charge in [-0.15, -0.1) is 0 Å². The molecule has 0 aliphatic heterocycles. The van der Waals surface area contributed by atoms with Crippen LogP contribution < -0.4 is 10.6 Å². The number of nitro benzene ring substituents is 1. The quantitative estimate of drug-likeness (QED) is 0.269. The van der Waals surface area contributed by atoms with E-state index in [0.717, 1.165) is 0 Å². The van der Waals surface area contributed by atoms with Gasteiger partial charge < -0.3 is 10.6 Å². The largest absolute Gasteiger partial charge is 0.334 e. The summed E-state index contributed by atoms with van der Waals surface area (Å²) < 4.78 is -0.0820. The van der Waals surface area contributed by atoms with E-state index in [1.165, 1.54) is 24.4 Å². The number of aromatic nitrogens is 1. The number of amides is 1. The number of para-hydroxylation sites is 1. The minimum Gasteiger partial charge on any atom is -0.334 e. The van der Waals surface area contributed by atoms with Gasteiger partial charge in [0.05, 0.1) is 14.6 Å². The van der Waals surface area contributed by atoms with Crippen LogP contribution in [0.4, 0.5) is 17.2 Å². The van der Waals surface area contributed by atoms with Crippen LogP contribution >= 0.6 is 27.5 Å². The first-order chi connectivity index (χ1) is 12.3. The minimum absolute atomic E-state index is 0.0648. The van der Waals surface area contributed by atoms with Gasteiger partial charge in [-0.2, -0.15) is 0 Å². The molecular formula is C16H13BrClN5O3. The summed E-state index contributed by atoms with van der Waals surface area (Å²) in [5.74, 6) is -0.475. The molecule has 3 N–H and O–H groups in total. The van der Waals surface area contributed by atoms with Crippen molar-refractivity contribution in [2.24, 2.45) is 0 Å². The molecule has 1 heterocycles. The first kappa shape index (κ1) is 19.5. The number of benzene rings is 1. The molecule has 1 aromatic heterocycles. The maximum absolute atomic E-state index is 12.6. The van der Waals surface area contributed by atoms with E-state index in [2.05, 4.69) is 31.5 Å². The van der Waals surface area contributed by atoms with Gasteiger partial charge in [-0.25, -0.2) is 4.98 Å². The molecule has 0 aliphatic rings. The molecule has 0 unspecified atom stereocenters. The zero-order valence-electron chi connectivity index (χ0n) is 13.4. The van der Waals surface area contributed by atoms with Crippen molar-refractivity contribution in [3.05, 3.63) is 69.0 Å². The van der Waals surface area contributed by atoms with Crippen LogP contribution in [0.15, 0.2) is 48.3 Å². The average Bonchev–Trinajstić information content (AvgIpc) is 2.57. The van der Waals surface area contributed by atoms with Gasteiger partial charge in [0.1, 0.15) is 17.2 Å². The number of nitrogens with zero attached hydrogens (tertiary/aromatic N) is 2. The molecule has 0 aliphatic carbocycles. The zero-order chi connectivity index (χ0) is 19.3. The van der Waals surface area contributed by atoms with Gasteiger partial charge in [0.15, 0.2) is 0 Å². The highest BCUT2D eigenvalue weighted by molar-refractivity contribution is 9.18. The van der Waals surface area contributed by atoms with E-state index < -0.39 is 10.8 Å². The number of carbonyl (C=O) groups excluding carboxylic acids is 1. The highest BCUT2D eigenvalue weighted by Gasteiger charge is 2.20. The van der Waals surface area contributed by atoms with Crippen molar-refractivity contribution in [2.45, 2.75) is 6.92 Å². The molecule has 26 heavy (non-hydrogen) atoms. The van der Waals surface area contributed by atoms with Gasteiger partial charge >= 0.3 is 0 Å². The molecule has 0 atom stereocenters. The molecule has 8 nitrogen and oxygen atoms in total. The van der Waals surface area contributed by atoms with Crippen LogP contribution in [0.2, 0.25) is 5.02 Å². The number of rotatable bonds is 6. The van der Waals surface area contributed by atoms with Gasteiger partial charge in [0, 0.05) is 12.3 Å². The van der Waals surface area contributed by atoms with E-state index in [0.29, 0.717) is 5.56 Å². The number of halogens is 2. The Labute approximate surface area is 162 Å². The van der Waals surface area contributed by atoms with Crippen LogP contribution in [0.25, 0.3) is 0 Å². The molecule has 0 bridgehead atoms. The molecule has 10 heteroatoms. The van der Waals surface area contributed by atoms with E-state index in [-0.39, 0.29) is 32.5 Å². The second kappa shape index (κ2) is 8.54. The van der Waals surface area contributed by atoms with Crippen molar-refractivity contribution in [3.63, 3.8) is 0 Å². The minimum atomic E-state index is -0.687. The number of allylic oxidation sites excluding steroid dienone is 1. The van der Waals surface area contributed by atoms with Crippen molar-refractivity contribution in [3.8, 4) is 0 Å². The van der Waals surface area contributed by atoms with Gasteiger partial charge in [0.25, 0.3) is 11.6 Å². The normalized spacial score (nSPS) is 11.0. The van der Waals surface area contributed by atoms with E-state index in [4.69, 9.17) is 17.0 Å². The fraction of sp³-hybridized carbons (Fsp3) is 0.0625. The number of hydrogen-bond acceptors (Lipinski definition) is 6. The monoisotopic (exact) mass is 437 g/mol. The number of anilines is 2. The first-order valence-corrected chi connectivity index (χ1v) is 8.35. The lowest BCUT2D eigenvalue weighted by atomic mass is 10.1. The number of carbonyl (C=O) groups is 1. The molecular weight excluding hydrogens is 426 g/mol. The summed E-state index contributed by atoms with van der Waals surface area (Å²) in [6.07, 6.45) is 2.68. The van der Waals surface area contributed by atoms with Crippen LogP contribution in [-0.2, 0) is 4.79 Å². The summed E-state index contributed by atoms with van der Waals surface area (Å²) in [6.45, 7) is 1.64. The van der Waals surface area contributed by atoms with E-state index in [1.54, 1.807) is 25.1 Å². The Morgan fingerprint density at radius 3 is 2.69 bits per heavy atom. The Bertz CT molecular complexity index is 917. The third-order valence-electron chi connectivity index (χ3n) is 3.21. The second-order valence-electron chi connectivity index (χ2n) is 5.05. The predicted octanol–water partition coefficient (Wildman–Crippen LogP) is 4.26. The standard InChI is InChI=1S/C16H13BrClN5O3/c1-9-4-2-6-12(23(25)26)14(9)22-16(24)11(8-13(17)19)21-15-10(18)5-3-7-20-15/h2-8,19H,1H3,(H,20,21)(H,22,24)/b11-8-,19-13?.